The highest BCUT2D eigenvalue weighted by Crippen LogP contribution is 2.53. The molecule has 0 radical (unpaired) electrons. The summed E-state index contributed by atoms with van der Waals surface area (Å²) in [5.41, 5.74) is 0. The Morgan fingerprint density at radius 1 is 1.12 bits per heavy atom. The number of fused-ring (bicyclic) bond motifs is 1. The molecule has 0 unspecified atom stereocenters. The molecule has 0 aliphatic heterocycles. The summed E-state index contributed by atoms with van der Waals surface area (Å²) >= 11 is 0. The molecule has 0 nitrogen and oxygen atoms in total. The molecule has 2 fully saturated rings. The summed E-state index contributed by atoms with van der Waals surface area (Å²) in [6.45, 7) is 0. The van der Waals surface area contributed by atoms with E-state index in [1.807, 2.05) is 0 Å². The lowest BCUT2D eigenvalue weighted by atomic mass is 10.1. The van der Waals surface area contributed by atoms with Gasteiger partial charge < -0.3 is 0 Å². The second-order valence-corrected chi connectivity index (χ2v) is 3.09. The monoisotopic (exact) mass is 106 g/mol. The summed E-state index contributed by atoms with van der Waals surface area (Å²) < 4.78 is 0. The Labute approximate surface area is 50.3 Å². The molecular weight excluding hydrogens is 96.1 g/mol. The van der Waals surface area contributed by atoms with Crippen LogP contribution in [0.25, 0.3) is 0 Å². The largest absolute Gasteiger partial charge is 0.120 e. The van der Waals surface area contributed by atoms with Gasteiger partial charge in [-0.05, 0) is 31.1 Å². The van der Waals surface area contributed by atoms with Crippen LogP contribution in [-0.4, -0.2) is 0 Å². The molecule has 0 aromatic carbocycles. The average molecular weight is 106 g/mol. The molecule has 0 amide bonds. The maximum Gasteiger partial charge on any atom is 0.0205 e. The predicted molar refractivity (Wildman–Crippen MR) is 33.2 cm³/mol. The van der Waals surface area contributed by atoms with E-state index in [0.29, 0.717) is 5.92 Å². The third-order valence-electron chi connectivity index (χ3n) is 2.48. The lowest BCUT2D eigenvalue weighted by Crippen LogP contribution is -1.90. The molecule has 2 atom stereocenters. The van der Waals surface area contributed by atoms with Gasteiger partial charge in [0.25, 0.3) is 0 Å². The van der Waals surface area contributed by atoms with Gasteiger partial charge in [0.2, 0.25) is 0 Å². The van der Waals surface area contributed by atoms with E-state index >= 15 is 0 Å². The summed E-state index contributed by atoms with van der Waals surface area (Å²) in [7, 11) is 0. The first-order chi connectivity index (χ1) is 3.90. The molecule has 2 saturated carbocycles. The molecule has 2 aliphatic rings. The van der Waals surface area contributed by atoms with Gasteiger partial charge in [0.05, 0.1) is 0 Å². The van der Waals surface area contributed by atoms with Crippen LogP contribution in [-0.2, 0) is 0 Å². The van der Waals surface area contributed by atoms with Crippen molar-refractivity contribution < 1.29 is 0 Å². The van der Waals surface area contributed by atoms with Crippen molar-refractivity contribution in [2.24, 2.45) is 17.8 Å². The molecule has 42 valence electrons. The highest BCUT2D eigenvalue weighted by Gasteiger charge is 2.44. The van der Waals surface area contributed by atoms with Crippen molar-refractivity contribution in [3.8, 4) is 12.3 Å². The molecule has 0 aromatic rings. The van der Waals surface area contributed by atoms with E-state index in [9.17, 15) is 0 Å². The summed E-state index contributed by atoms with van der Waals surface area (Å²) in [4.78, 5) is 0. The van der Waals surface area contributed by atoms with Crippen LogP contribution in [0.2, 0.25) is 0 Å². The minimum atomic E-state index is 0.652. The fourth-order valence-corrected chi connectivity index (χ4v) is 1.85. The van der Waals surface area contributed by atoms with Crippen LogP contribution in [0, 0.1) is 30.1 Å². The van der Waals surface area contributed by atoms with Crippen molar-refractivity contribution in [1.82, 2.24) is 0 Å². The Morgan fingerprint density at radius 2 is 1.75 bits per heavy atom. The second-order valence-electron chi connectivity index (χ2n) is 3.09. The Bertz CT molecular complexity index is 131. The SMILES string of the molecule is C#CC1C[C@H]2C[C@@H]2C1. The van der Waals surface area contributed by atoms with Crippen LogP contribution in [0.1, 0.15) is 19.3 Å². The fraction of sp³-hybridized carbons (Fsp3) is 0.750. The third kappa shape index (κ3) is 0.478. The maximum absolute atomic E-state index is 5.27. The zero-order valence-corrected chi connectivity index (χ0v) is 4.93. The third-order valence-corrected chi connectivity index (χ3v) is 2.48. The van der Waals surface area contributed by atoms with Gasteiger partial charge in [-0.3, -0.25) is 0 Å². The molecule has 0 heterocycles. The number of hydrogen-bond donors (Lipinski definition) is 0. The molecule has 0 spiro atoms. The zero-order valence-electron chi connectivity index (χ0n) is 4.93. The molecule has 2 aliphatic carbocycles. The Hall–Kier alpha value is -0.440. The van der Waals surface area contributed by atoms with Gasteiger partial charge >= 0.3 is 0 Å². The van der Waals surface area contributed by atoms with Gasteiger partial charge in [-0.15, -0.1) is 12.3 Å². The summed E-state index contributed by atoms with van der Waals surface area (Å²) in [5.74, 6) is 5.58. The van der Waals surface area contributed by atoms with Gasteiger partial charge in [0.1, 0.15) is 0 Å². The van der Waals surface area contributed by atoms with Crippen LogP contribution in [0.4, 0.5) is 0 Å². The van der Waals surface area contributed by atoms with Crippen molar-refractivity contribution in [3.63, 3.8) is 0 Å². The highest BCUT2D eigenvalue weighted by atomic mass is 14.5. The Morgan fingerprint density at radius 3 is 2.12 bits per heavy atom. The van der Waals surface area contributed by atoms with E-state index in [2.05, 4.69) is 5.92 Å². The quantitative estimate of drug-likeness (QED) is 0.412. The van der Waals surface area contributed by atoms with Crippen LogP contribution >= 0.6 is 0 Å². The van der Waals surface area contributed by atoms with E-state index in [-0.39, 0.29) is 0 Å². The van der Waals surface area contributed by atoms with E-state index in [4.69, 9.17) is 6.42 Å². The van der Waals surface area contributed by atoms with E-state index in [1.165, 1.54) is 19.3 Å². The van der Waals surface area contributed by atoms with Gasteiger partial charge in [-0.1, -0.05) is 0 Å². The predicted octanol–water partition coefficient (Wildman–Crippen LogP) is 1.67. The van der Waals surface area contributed by atoms with E-state index in [0.717, 1.165) is 11.8 Å². The molecule has 0 bridgehead atoms. The average Bonchev–Trinajstić information content (AvgIpc) is 2.40. The van der Waals surface area contributed by atoms with Crippen molar-refractivity contribution >= 4 is 0 Å². The smallest absolute Gasteiger partial charge is 0.0205 e. The Balaban J connectivity index is 2.01. The van der Waals surface area contributed by atoms with E-state index < -0.39 is 0 Å². The molecule has 8 heavy (non-hydrogen) atoms. The van der Waals surface area contributed by atoms with Gasteiger partial charge in [-0.25, -0.2) is 0 Å². The normalized spacial score (nSPS) is 43.4. The minimum Gasteiger partial charge on any atom is -0.120 e. The standard InChI is InChI=1S/C8H10/c1-2-6-3-7-5-8(7)4-6/h1,6-8H,3-5H2/t7-,8-/m0/s1. The van der Waals surface area contributed by atoms with Gasteiger partial charge in [-0.2, -0.15) is 0 Å². The van der Waals surface area contributed by atoms with Crippen LogP contribution < -0.4 is 0 Å². The molecular formula is C8H10. The Kier molecular flexibility index (Phi) is 0.713. The minimum absolute atomic E-state index is 0.652. The lowest BCUT2D eigenvalue weighted by molar-refractivity contribution is 0.611. The first kappa shape index (κ1) is 4.44. The summed E-state index contributed by atoms with van der Waals surface area (Å²) in [6, 6.07) is 0. The van der Waals surface area contributed by atoms with Gasteiger partial charge in [0.15, 0.2) is 0 Å². The number of hydrogen-bond acceptors (Lipinski definition) is 0. The topological polar surface area (TPSA) is 0 Å². The van der Waals surface area contributed by atoms with Crippen LogP contribution in [0.5, 0.6) is 0 Å². The number of terminal acetylenes is 1. The van der Waals surface area contributed by atoms with Gasteiger partial charge in [0, 0.05) is 5.92 Å². The zero-order chi connectivity index (χ0) is 5.56. The van der Waals surface area contributed by atoms with Crippen molar-refractivity contribution in [3.05, 3.63) is 0 Å². The second kappa shape index (κ2) is 1.29. The maximum atomic E-state index is 5.27. The van der Waals surface area contributed by atoms with Crippen molar-refractivity contribution in [2.75, 3.05) is 0 Å². The molecule has 0 aromatic heterocycles. The fourth-order valence-electron chi connectivity index (χ4n) is 1.85. The van der Waals surface area contributed by atoms with Crippen LogP contribution in [0.15, 0.2) is 0 Å². The molecule has 2 rings (SSSR count). The van der Waals surface area contributed by atoms with Crippen molar-refractivity contribution in [1.29, 1.82) is 0 Å². The van der Waals surface area contributed by atoms with Crippen LogP contribution in [0.3, 0.4) is 0 Å². The van der Waals surface area contributed by atoms with Crippen molar-refractivity contribution in [2.45, 2.75) is 19.3 Å². The first-order valence-corrected chi connectivity index (χ1v) is 3.36. The first-order valence-electron chi connectivity index (χ1n) is 3.36. The summed E-state index contributed by atoms with van der Waals surface area (Å²) in [6.07, 6.45) is 9.42. The molecule has 0 N–H and O–H groups in total. The highest BCUT2D eigenvalue weighted by molar-refractivity contribution is 5.06. The lowest BCUT2D eigenvalue weighted by Gasteiger charge is -1.98. The summed E-state index contributed by atoms with van der Waals surface area (Å²) in [5, 5.41) is 0. The van der Waals surface area contributed by atoms with E-state index in [1.54, 1.807) is 0 Å². The molecule has 0 heteroatoms. The number of rotatable bonds is 0. The molecule has 0 saturated heterocycles.